The Morgan fingerprint density at radius 2 is 1.50 bits per heavy atom. The molecular weight excluding hydrogens is 222 g/mol. The van der Waals surface area contributed by atoms with E-state index < -0.39 is 0 Å². The summed E-state index contributed by atoms with van der Waals surface area (Å²) < 4.78 is 0. The van der Waals surface area contributed by atoms with Gasteiger partial charge in [0, 0.05) is 32.5 Å². The molecule has 0 saturated carbocycles. The summed E-state index contributed by atoms with van der Waals surface area (Å²) >= 11 is 0. The average Bonchev–Trinajstić information content (AvgIpc) is 2.38. The Balaban J connectivity index is 2.34. The van der Waals surface area contributed by atoms with Gasteiger partial charge in [0.15, 0.2) is 0 Å². The standard InChI is InChI=1S/C15H19N3/c1-17(2)13-9-10-15(14(16)11-13)18(3)12-7-5-4-6-8-12/h4-11H,16H2,1-3H3. The summed E-state index contributed by atoms with van der Waals surface area (Å²) in [6.45, 7) is 0. The van der Waals surface area contributed by atoms with Crippen LogP contribution in [-0.2, 0) is 0 Å². The van der Waals surface area contributed by atoms with Crippen LogP contribution in [0.1, 0.15) is 0 Å². The van der Waals surface area contributed by atoms with E-state index in [2.05, 4.69) is 29.2 Å². The fourth-order valence-corrected chi connectivity index (χ4v) is 1.92. The first kappa shape index (κ1) is 12.3. The highest BCUT2D eigenvalue weighted by atomic mass is 15.1. The quantitative estimate of drug-likeness (QED) is 0.838. The molecule has 0 aliphatic rings. The Labute approximate surface area is 108 Å². The summed E-state index contributed by atoms with van der Waals surface area (Å²) in [5.41, 5.74) is 10.2. The van der Waals surface area contributed by atoms with Crippen molar-refractivity contribution in [2.24, 2.45) is 0 Å². The fraction of sp³-hybridized carbons (Fsp3) is 0.200. The van der Waals surface area contributed by atoms with Gasteiger partial charge in [-0.2, -0.15) is 0 Å². The van der Waals surface area contributed by atoms with Crippen LogP contribution in [0.3, 0.4) is 0 Å². The third-order valence-electron chi connectivity index (χ3n) is 3.03. The van der Waals surface area contributed by atoms with E-state index in [0.717, 1.165) is 22.7 Å². The first-order valence-electron chi connectivity index (χ1n) is 5.95. The van der Waals surface area contributed by atoms with Gasteiger partial charge in [-0.05, 0) is 30.3 Å². The Morgan fingerprint density at radius 3 is 2.06 bits per heavy atom. The van der Waals surface area contributed by atoms with Crippen LogP contribution in [-0.4, -0.2) is 21.1 Å². The highest BCUT2D eigenvalue weighted by Gasteiger charge is 2.08. The van der Waals surface area contributed by atoms with Crippen LogP contribution in [0.4, 0.5) is 22.7 Å². The van der Waals surface area contributed by atoms with Crippen molar-refractivity contribution < 1.29 is 0 Å². The number of hydrogen-bond acceptors (Lipinski definition) is 3. The lowest BCUT2D eigenvalue weighted by Crippen LogP contribution is -2.13. The molecule has 0 saturated heterocycles. The molecule has 2 aromatic rings. The van der Waals surface area contributed by atoms with Crippen molar-refractivity contribution in [1.29, 1.82) is 0 Å². The molecule has 0 atom stereocenters. The third kappa shape index (κ3) is 2.40. The number of anilines is 4. The minimum Gasteiger partial charge on any atom is -0.397 e. The number of rotatable bonds is 3. The summed E-state index contributed by atoms with van der Waals surface area (Å²) in [7, 11) is 6.04. The van der Waals surface area contributed by atoms with Crippen molar-refractivity contribution in [3.8, 4) is 0 Å². The molecule has 0 spiro atoms. The summed E-state index contributed by atoms with van der Waals surface area (Å²) in [6.07, 6.45) is 0. The largest absolute Gasteiger partial charge is 0.397 e. The van der Waals surface area contributed by atoms with Gasteiger partial charge in [-0.15, -0.1) is 0 Å². The van der Waals surface area contributed by atoms with Gasteiger partial charge >= 0.3 is 0 Å². The highest BCUT2D eigenvalue weighted by Crippen LogP contribution is 2.31. The van der Waals surface area contributed by atoms with E-state index in [4.69, 9.17) is 5.73 Å². The molecule has 0 bridgehead atoms. The van der Waals surface area contributed by atoms with Gasteiger partial charge < -0.3 is 15.5 Å². The smallest absolute Gasteiger partial charge is 0.0643 e. The van der Waals surface area contributed by atoms with E-state index in [-0.39, 0.29) is 0 Å². The lowest BCUT2D eigenvalue weighted by Gasteiger charge is -2.23. The van der Waals surface area contributed by atoms with Crippen molar-refractivity contribution in [2.75, 3.05) is 36.7 Å². The van der Waals surface area contributed by atoms with Crippen molar-refractivity contribution in [3.05, 3.63) is 48.5 Å². The van der Waals surface area contributed by atoms with Gasteiger partial charge in [-0.25, -0.2) is 0 Å². The first-order chi connectivity index (χ1) is 8.59. The van der Waals surface area contributed by atoms with Gasteiger partial charge in [-0.1, -0.05) is 18.2 Å². The Kier molecular flexibility index (Phi) is 3.42. The Hall–Kier alpha value is -2.16. The van der Waals surface area contributed by atoms with Crippen LogP contribution in [0.2, 0.25) is 0 Å². The molecule has 94 valence electrons. The number of nitrogen functional groups attached to an aromatic ring is 1. The van der Waals surface area contributed by atoms with E-state index in [9.17, 15) is 0 Å². The van der Waals surface area contributed by atoms with E-state index in [1.165, 1.54) is 0 Å². The van der Waals surface area contributed by atoms with Gasteiger partial charge in [0.05, 0.1) is 11.4 Å². The van der Waals surface area contributed by atoms with E-state index in [1.807, 2.05) is 50.3 Å². The number of hydrogen-bond donors (Lipinski definition) is 1. The van der Waals surface area contributed by atoms with Gasteiger partial charge in [0.1, 0.15) is 0 Å². The summed E-state index contributed by atoms with van der Waals surface area (Å²) in [6, 6.07) is 16.3. The molecule has 2 aromatic carbocycles. The minimum atomic E-state index is 0.785. The average molecular weight is 241 g/mol. The van der Waals surface area contributed by atoms with Crippen LogP contribution in [0, 0.1) is 0 Å². The lowest BCUT2D eigenvalue weighted by molar-refractivity contribution is 1.13. The van der Waals surface area contributed by atoms with Crippen molar-refractivity contribution in [2.45, 2.75) is 0 Å². The molecule has 0 heterocycles. The van der Waals surface area contributed by atoms with Gasteiger partial charge in [0.2, 0.25) is 0 Å². The topological polar surface area (TPSA) is 32.5 Å². The normalized spacial score (nSPS) is 10.2. The molecule has 3 nitrogen and oxygen atoms in total. The van der Waals surface area contributed by atoms with Crippen molar-refractivity contribution in [1.82, 2.24) is 0 Å². The first-order valence-corrected chi connectivity index (χ1v) is 5.95. The lowest BCUT2D eigenvalue weighted by atomic mass is 10.2. The SMILES string of the molecule is CN(C)c1ccc(N(C)c2ccccc2)c(N)c1. The molecule has 3 heteroatoms. The predicted molar refractivity (Wildman–Crippen MR) is 79.7 cm³/mol. The Morgan fingerprint density at radius 1 is 0.833 bits per heavy atom. The number of nitrogens with zero attached hydrogens (tertiary/aromatic N) is 2. The summed E-state index contributed by atoms with van der Waals surface area (Å²) in [5.74, 6) is 0. The second kappa shape index (κ2) is 5.00. The monoisotopic (exact) mass is 241 g/mol. The molecule has 0 aromatic heterocycles. The van der Waals surface area contributed by atoms with Gasteiger partial charge in [-0.3, -0.25) is 0 Å². The van der Waals surface area contributed by atoms with Crippen LogP contribution >= 0.6 is 0 Å². The second-order valence-electron chi connectivity index (χ2n) is 4.53. The zero-order chi connectivity index (χ0) is 13.1. The fourth-order valence-electron chi connectivity index (χ4n) is 1.92. The molecule has 0 aliphatic heterocycles. The predicted octanol–water partition coefficient (Wildman–Crippen LogP) is 3.10. The molecule has 0 amide bonds. The summed E-state index contributed by atoms with van der Waals surface area (Å²) in [5, 5.41) is 0. The van der Waals surface area contributed by atoms with Crippen LogP contribution in [0.5, 0.6) is 0 Å². The zero-order valence-electron chi connectivity index (χ0n) is 11.1. The molecule has 0 aliphatic carbocycles. The maximum atomic E-state index is 6.13. The number of benzene rings is 2. The third-order valence-corrected chi connectivity index (χ3v) is 3.03. The molecule has 2 rings (SSSR count). The maximum absolute atomic E-state index is 6.13. The summed E-state index contributed by atoms with van der Waals surface area (Å²) in [4.78, 5) is 4.14. The van der Waals surface area contributed by atoms with E-state index >= 15 is 0 Å². The number of para-hydroxylation sites is 1. The van der Waals surface area contributed by atoms with E-state index in [1.54, 1.807) is 0 Å². The molecule has 18 heavy (non-hydrogen) atoms. The van der Waals surface area contributed by atoms with E-state index in [0.29, 0.717) is 0 Å². The van der Waals surface area contributed by atoms with Crippen LogP contribution in [0.15, 0.2) is 48.5 Å². The van der Waals surface area contributed by atoms with Crippen molar-refractivity contribution >= 4 is 22.7 Å². The highest BCUT2D eigenvalue weighted by molar-refractivity contribution is 5.77. The molecule has 2 N–H and O–H groups in total. The maximum Gasteiger partial charge on any atom is 0.0643 e. The number of nitrogens with two attached hydrogens (primary N) is 1. The minimum absolute atomic E-state index is 0.785. The zero-order valence-corrected chi connectivity index (χ0v) is 11.1. The Bertz CT molecular complexity index is 521. The van der Waals surface area contributed by atoms with Crippen LogP contribution < -0.4 is 15.5 Å². The van der Waals surface area contributed by atoms with Crippen LogP contribution in [0.25, 0.3) is 0 Å². The second-order valence-corrected chi connectivity index (χ2v) is 4.53. The van der Waals surface area contributed by atoms with Crippen molar-refractivity contribution in [3.63, 3.8) is 0 Å². The molecular formula is C15H19N3. The molecule has 0 unspecified atom stereocenters. The molecule has 0 radical (unpaired) electrons. The van der Waals surface area contributed by atoms with Gasteiger partial charge in [0.25, 0.3) is 0 Å². The molecule has 0 fully saturated rings.